The first kappa shape index (κ1) is 22.6. The van der Waals surface area contributed by atoms with Crippen LogP contribution in [0.15, 0.2) is 23.8 Å². The molecular weight excluding hydrogens is 364 g/mol. The number of allylic oxidation sites excluding steroid dienone is 4. The maximum atomic E-state index is 10.1. The van der Waals surface area contributed by atoms with Crippen LogP contribution in [0.3, 0.4) is 0 Å². The van der Waals surface area contributed by atoms with Crippen molar-refractivity contribution in [2.75, 3.05) is 0 Å². The van der Waals surface area contributed by atoms with E-state index in [1.807, 2.05) is 5.57 Å². The lowest BCUT2D eigenvalue weighted by molar-refractivity contribution is -0.0462. The van der Waals surface area contributed by atoms with E-state index in [1.54, 1.807) is 0 Å². The van der Waals surface area contributed by atoms with E-state index in [0.29, 0.717) is 22.7 Å². The van der Waals surface area contributed by atoms with E-state index in [9.17, 15) is 5.11 Å². The van der Waals surface area contributed by atoms with Gasteiger partial charge >= 0.3 is 0 Å². The number of hydrogen-bond acceptors (Lipinski definition) is 1. The highest BCUT2D eigenvalue weighted by atomic mass is 16.3. The summed E-state index contributed by atoms with van der Waals surface area (Å²) in [7, 11) is 0. The zero-order chi connectivity index (χ0) is 21.5. The van der Waals surface area contributed by atoms with Gasteiger partial charge in [-0.3, -0.25) is 0 Å². The van der Waals surface area contributed by atoms with Crippen molar-refractivity contribution in [3.05, 3.63) is 23.8 Å². The highest BCUT2D eigenvalue weighted by Gasteiger charge is 2.58. The standard InChI is InChI=1S/C29H48O/c1-6-27(30)21(3)11-9-10-20(2)24-15-16-25-23-14-13-22-12-7-8-18-28(22,4)26(23)17-19-29(24,25)5/h9-10,13,20-21,23-27,30H,6-8,11-12,14-19H2,1-5H3/t20-,21?,23+,24-,25+,26+,27?,28+,29-/m1/s1. The van der Waals surface area contributed by atoms with Crippen LogP contribution in [0.2, 0.25) is 0 Å². The number of hydrogen-bond donors (Lipinski definition) is 1. The molecule has 2 unspecified atom stereocenters. The number of rotatable bonds is 6. The van der Waals surface area contributed by atoms with Crippen molar-refractivity contribution in [3.8, 4) is 0 Å². The van der Waals surface area contributed by atoms with Crippen LogP contribution in [0.4, 0.5) is 0 Å². The maximum absolute atomic E-state index is 10.1. The lowest BCUT2D eigenvalue weighted by Crippen LogP contribution is -2.49. The van der Waals surface area contributed by atoms with Gasteiger partial charge in [-0.25, -0.2) is 0 Å². The van der Waals surface area contributed by atoms with Crippen molar-refractivity contribution < 1.29 is 5.11 Å². The van der Waals surface area contributed by atoms with E-state index >= 15 is 0 Å². The highest BCUT2D eigenvalue weighted by Crippen LogP contribution is 2.67. The van der Waals surface area contributed by atoms with Crippen molar-refractivity contribution >= 4 is 0 Å². The monoisotopic (exact) mass is 412 g/mol. The van der Waals surface area contributed by atoms with Crippen LogP contribution in [-0.2, 0) is 0 Å². The van der Waals surface area contributed by atoms with Crippen molar-refractivity contribution in [1.82, 2.24) is 0 Å². The molecule has 0 amide bonds. The van der Waals surface area contributed by atoms with Gasteiger partial charge in [0.2, 0.25) is 0 Å². The fraction of sp³-hybridized carbons (Fsp3) is 0.862. The first-order valence-electron chi connectivity index (χ1n) is 13.4. The van der Waals surface area contributed by atoms with Gasteiger partial charge in [0.25, 0.3) is 0 Å². The molecule has 9 atom stereocenters. The average molecular weight is 413 g/mol. The smallest absolute Gasteiger partial charge is 0.0566 e. The Bertz CT molecular complexity index is 661. The Kier molecular flexibility index (Phi) is 6.61. The third kappa shape index (κ3) is 3.76. The molecule has 0 bridgehead atoms. The summed E-state index contributed by atoms with van der Waals surface area (Å²) in [5, 5.41) is 10.1. The van der Waals surface area contributed by atoms with Crippen LogP contribution in [0, 0.1) is 46.3 Å². The molecule has 1 N–H and O–H groups in total. The van der Waals surface area contributed by atoms with E-state index in [2.05, 4.69) is 52.8 Å². The van der Waals surface area contributed by atoms with Gasteiger partial charge in [0, 0.05) is 0 Å². The Labute approximate surface area is 186 Å². The lowest BCUT2D eigenvalue weighted by atomic mass is 9.47. The molecular formula is C29H48O. The minimum absolute atomic E-state index is 0.154. The molecule has 0 heterocycles. The molecule has 30 heavy (non-hydrogen) atoms. The molecule has 4 rings (SSSR count). The van der Waals surface area contributed by atoms with Gasteiger partial charge in [-0.1, -0.05) is 64.8 Å². The zero-order valence-corrected chi connectivity index (χ0v) is 20.5. The second-order valence-corrected chi connectivity index (χ2v) is 12.2. The molecule has 4 aliphatic rings. The third-order valence-electron chi connectivity index (χ3n) is 10.7. The largest absolute Gasteiger partial charge is 0.393 e. The number of aliphatic hydroxyl groups excluding tert-OH is 1. The van der Waals surface area contributed by atoms with Gasteiger partial charge in [-0.05, 0) is 111 Å². The Balaban J connectivity index is 1.45. The van der Waals surface area contributed by atoms with Crippen molar-refractivity contribution in [1.29, 1.82) is 0 Å². The summed E-state index contributed by atoms with van der Waals surface area (Å²) >= 11 is 0. The van der Waals surface area contributed by atoms with Gasteiger partial charge in [0.15, 0.2) is 0 Å². The molecule has 3 saturated carbocycles. The number of aliphatic hydroxyl groups is 1. The van der Waals surface area contributed by atoms with Crippen LogP contribution >= 0.6 is 0 Å². The van der Waals surface area contributed by atoms with Crippen LogP contribution in [0.5, 0.6) is 0 Å². The first-order valence-corrected chi connectivity index (χ1v) is 13.4. The second-order valence-electron chi connectivity index (χ2n) is 12.2. The van der Waals surface area contributed by atoms with Gasteiger partial charge in [-0.2, -0.15) is 0 Å². The normalized spacial score (nSPS) is 44.0. The summed E-state index contributed by atoms with van der Waals surface area (Å²) in [6.07, 6.45) is 22.2. The van der Waals surface area contributed by atoms with E-state index in [1.165, 1.54) is 57.8 Å². The summed E-state index contributed by atoms with van der Waals surface area (Å²) in [4.78, 5) is 0. The molecule has 4 aliphatic carbocycles. The molecule has 0 aromatic rings. The Morgan fingerprint density at radius 1 is 1.10 bits per heavy atom. The predicted molar refractivity (Wildman–Crippen MR) is 128 cm³/mol. The van der Waals surface area contributed by atoms with E-state index in [0.717, 1.165) is 36.5 Å². The number of fused-ring (bicyclic) bond motifs is 5. The molecule has 0 aromatic heterocycles. The van der Waals surface area contributed by atoms with E-state index in [4.69, 9.17) is 0 Å². The van der Waals surface area contributed by atoms with Crippen molar-refractivity contribution in [2.45, 2.75) is 111 Å². The molecule has 1 heteroatoms. The summed E-state index contributed by atoms with van der Waals surface area (Å²) in [5.74, 6) is 4.72. The Hall–Kier alpha value is -0.560. The van der Waals surface area contributed by atoms with E-state index in [-0.39, 0.29) is 6.10 Å². The molecule has 170 valence electrons. The van der Waals surface area contributed by atoms with Crippen molar-refractivity contribution in [3.63, 3.8) is 0 Å². The maximum Gasteiger partial charge on any atom is 0.0566 e. The van der Waals surface area contributed by atoms with Crippen LogP contribution in [0.25, 0.3) is 0 Å². The Morgan fingerprint density at radius 3 is 2.67 bits per heavy atom. The molecule has 0 spiro atoms. The second kappa shape index (κ2) is 8.76. The summed E-state index contributed by atoms with van der Waals surface area (Å²) < 4.78 is 0. The molecule has 1 nitrogen and oxygen atoms in total. The molecule has 3 fully saturated rings. The minimum Gasteiger partial charge on any atom is -0.393 e. The van der Waals surface area contributed by atoms with Crippen LogP contribution in [-0.4, -0.2) is 11.2 Å². The van der Waals surface area contributed by atoms with Gasteiger partial charge in [0.05, 0.1) is 6.10 Å². The average Bonchev–Trinajstić information content (AvgIpc) is 3.09. The van der Waals surface area contributed by atoms with Crippen LogP contribution < -0.4 is 0 Å². The third-order valence-corrected chi connectivity index (χ3v) is 10.7. The molecule has 0 aromatic carbocycles. The molecule has 0 radical (unpaired) electrons. The fourth-order valence-corrected chi connectivity index (χ4v) is 8.80. The summed E-state index contributed by atoms with van der Waals surface area (Å²) in [6.45, 7) is 12.1. The lowest BCUT2D eigenvalue weighted by Gasteiger charge is -2.58. The van der Waals surface area contributed by atoms with Crippen LogP contribution in [0.1, 0.15) is 105 Å². The summed E-state index contributed by atoms with van der Waals surface area (Å²) in [6, 6.07) is 0. The van der Waals surface area contributed by atoms with Gasteiger partial charge in [0.1, 0.15) is 0 Å². The van der Waals surface area contributed by atoms with E-state index < -0.39 is 0 Å². The first-order chi connectivity index (χ1) is 14.3. The van der Waals surface area contributed by atoms with Gasteiger partial charge < -0.3 is 5.11 Å². The quantitative estimate of drug-likeness (QED) is 0.439. The SMILES string of the molecule is CCC(O)C(C)CC=C[C@@H](C)[C@H]1CC[C@H]2[C@@H]3CC=C4CCCC[C@]4(C)[C@H]3CC[C@]12C. The Morgan fingerprint density at radius 2 is 1.90 bits per heavy atom. The van der Waals surface area contributed by atoms with Gasteiger partial charge in [-0.15, -0.1) is 0 Å². The van der Waals surface area contributed by atoms with Crippen molar-refractivity contribution in [2.24, 2.45) is 46.3 Å². The zero-order valence-electron chi connectivity index (χ0n) is 20.5. The molecule has 0 aliphatic heterocycles. The minimum atomic E-state index is -0.154. The predicted octanol–water partition coefficient (Wildman–Crippen LogP) is 7.94. The summed E-state index contributed by atoms with van der Waals surface area (Å²) in [5.41, 5.74) is 2.91. The fourth-order valence-electron chi connectivity index (χ4n) is 8.80. The molecule has 0 saturated heterocycles. The highest BCUT2D eigenvalue weighted by molar-refractivity contribution is 5.24. The topological polar surface area (TPSA) is 20.2 Å².